The van der Waals surface area contributed by atoms with Crippen LogP contribution in [0, 0.1) is 5.92 Å². The van der Waals surface area contributed by atoms with Crippen molar-refractivity contribution in [2.24, 2.45) is 5.92 Å². The van der Waals surface area contributed by atoms with E-state index in [9.17, 15) is 9.59 Å². The fourth-order valence-electron chi connectivity index (χ4n) is 3.17. The summed E-state index contributed by atoms with van der Waals surface area (Å²) in [6.07, 6.45) is 3.62. The first-order valence-corrected chi connectivity index (χ1v) is 8.44. The minimum Gasteiger partial charge on any atom is -0.496 e. The van der Waals surface area contributed by atoms with Crippen LogP contribution in [0.1, 0.15) is 36.0 Å². The lowest BCUT2D eigenvalue weighted by atomic mass is 10.0. The van der Waals surface area contributed by atoms with Gasteiger partial charge in [-0.25, -0.2) is 0 Å². The third-order valence-electron chi connectivity index (χ3n) is 4.72. The summed E-state index contributed by atoms with van der Waals surface area (Å²) in [5, 5.41) is 3.05. The molecule has 2 aliphatic rings. The Labute approximate surface area is 142 Å². The summed E-state index contributed by atoms with van der Waals surface area (Å²) < 4.78 is 10.6. The molecule has 2 fully saturated rings. The van der Waals surface area contributed by atoms with Crippen LogP contribution in [-0.4, -0.2) is 50.1 Å². The quantitative estimate of drug-likeness (QED) is 0.893. The molecule has 6 nitrogen and oxygen atoms in total. The molecule has 0 radical (unpaired) electrons. The van der Waals surface area contributed by atoms with Crippen LogP contribution >= 0.6 is 0 Å². The van der Waals surface area contributed by atoms with Gasteiger partial charge < -0.3 is 19.7 Å². The predicted octanol–water partition coefficient (Wildman–Crippen LogP) is 1.83. The van der Waals surface area contributed by atoms with E-state index < -0.39 is 0 Å². The van der Waals surface area contributed by atoms with Crippen molar-refractivity contribution in [2.75, 3.05) is 27.3 Å². The molecule has 1 aromatic rings. The number of piperidine rings is 1. The molecule has 1 N–H and O–H groups in total. The summed E-state index contributed by atoms with van der Waals surface area (Å²) in [6, 6.07) is 5.34. The van der Waals surface area contributed by atoms with Crippen LogP contribution in [0.25, 0.3) is 0 Å². The van der Waals surface area contributed by atoms with Gasteiger partial charge in [-0.15, -0.1) is 0 Å². The van der Waals surface area contributed by atoms with Gasteiger partial charge in [-0.05, 0) is 37.8 Å². The average molecular weight is 332 g/mol. The fourth-order valence-corrected chi connectivity index (χ4v) is 3.17. The average Bonchev–Trinajstić information content (AvgIpc) is 3.46. The van der Waals surface area contributed by atoms with Gasteiger partial charge in [-0.3, -0.25) is 9.59 Å². The second-order valence-electron chi connectivity index (χ2n) is 6.38. The van der Waals surface area contributed by atoms with Crippen molar-refractivity contribution in [3.8, 4) is 11.5 Å². The van der Waals surface area contributed by atoms with Crippen LogP contribution < -0.4 is 14.8 Å². The van der Waals surface area contributed by atoms with Gasteiger partial charge in [0.05, 0.1) is 14.2 Å². The highest BCUT2D eigenvalue weighted by molar-refractivity contribution is 5.99. The molecule has 1 saturated heterocycles. The Hall–Kier alpha value is -2.24. The largest absolute Gasteiger partial charge is 0.496 e. The van der Waals surface area contributed by atoms with E-state index in [4.69, 9.17) is 9.47 Å². The summed E-state index contributed by atoms with van der Waals surface area (Å²) in [6.45, 7) is 1.42. The number of carbonyl (C=O) groups excluding carboxylic acids is 2. The molecule has 1 aliphatic carbocycles. The van der Waals surface area contributed by atoms with Gasteiger partial charge in [0.25, 0.3) is 5.91 Å². The van der Waals surface area contributed by atoms with Crippen LogP contribution in [0.4, 0.5) is 0 Å². The molecule has 0 unspecified atom stereocenters. The number of methoxy groups -OCH3 is 2. The molecule has 1 heterocycles. The first-order chi connectivity index (χ1) is 11.6. The van der Waals surface area contributed by atoms with E-state index in [1.165, 1.54) is 14.2 Å². The zero-order chi connectivity index (χ0) is 17.1. The van der Waals surface area contributed by atoms with Gasteiger partial charge >= 0.3 is 0 Å². The van der Waals surface area contributed by atoms with E-state index in [0.717, 1.165) is 25.7 Å². The topological polar surface area (TPSA) is 67.9 Å². The molecule has 2 amide bonds. The number of rotatable bonds is 5. The SMILES string of the molecule is COc1cccc(OC)c1C(=O)NC1CCN(C(=O)C2CC2)CC1. The first kappa shape index (κ1) is 16.6. The van der Waals surface area contributed by atoms with Crippen molar-refractivity contribution < 1.29 is 19.1 Å². The van der Waals surface area contributed by atoms with Crippen molar-refractivity contribution in [1.82, 2.24) is 10.2 Å². The Balaban J connectivity index is 1.61. The van der Waals surface area contributed by atoms with E-state index in [0.29, 0.717) is 30.2 Å². The molecule has 3 rings (SSSR count). The summed E-state index contributed by atoms with van der Waals surface area (Å²) in [5.74, 6) is 1.33. The highest BCUT2D eigenvalue weighted by Gasteiger charge is 2.35. The number of amides is 2. The third kappa shape index (κ3) is 3.47. The zero-order valence-corrected chi connectivity index (χ0v) is 14.2. The molecule has 1 aliphatic heterocycles. The van der Waals surface area contributed by atoms with Crippen LogP contribution in [0.5, 0.6) is 11.5 Å². The Morgan fingerprint density at radius 2 is 1.62 bits per heavy atom. The molecular formula is C18H24N2O4. The van der Waals surface area contributed by atoms with Crippen molar-refractivity contribution in [2.45, 2.75) is 31.7 Å². The maximum atomic E-state index is 12.7. The molecule has 1 aromatic carbocycles. The molecular weight excluding hydrogens is 308 g/mol. The molecule has 6 heteroatoms. The van der Waals surface area contributed by atoms with E-state index >= 15 is 0 Å². The highest BCUT2D eigenvalue weighted by Crippen LogP contribution is 2.32. The number of likely N-dealkylation sites (tertiary alicyclic amines) is 1. The van der Waals surface area contributed by atoms with Crippen molar-refractivity contribution in [3.63, 3.8) is 0 Å². The van der Waals surface area contributed by atoms with E-state index in [2.05, 4.69) is 5.32 Å². The predicted molar refractivity (Wildman–Crippen MR) is 89.3 cm³/mol. The number of nitrogens with zero attached hydrogens (tertiary/aromatic N) is 1. The van der Waals surface area contributed by atoms with Gasteiger partial charge in [0.1, 0.15) is 17.1 Å². The van der Waals surface area contributed by atoms with Gasteiger partial charge in [0, 0.05) is 25.0 Å². The minimum absolute atomic E-state index is 0.0652. The Morgan fingerprint density at radius 3 is 2.12 bits per heavy atom. The Morgan fingerprint density at radius 1 is 1.04 bits per heavy atom. The Kier molecular flexibility index (Phi) is 4.92. The van der Waals surface area contributed by atoms with E-state index in [1.807, 2.05) is 4.90 Å². The van der Waals surface area contributed by atoms with Crippen LogP contribution in [0.3, 0.4) is 0 Å². The zero-order valence-electron chi connectivity index (χ0n) is 14.2. The van der Waals surface area contributed by atoms with Crippen molar-refractivity contribution in [1.29, 1.82) is 0 Å². The first-order valence-electron chi connectivity index (χ1n) is 8.44. The van der Waals surface area contributed by atoms with Gasteiger partial charge in [0.2, 0.25) is 5.91 Å². The number of hydrogen-bond donors (Lipinski definition) is 1. The summed E-state index contributed by atoms with van der Waals surface area (Å²) >= 11 is 0. The second-order valence-corrected chi connectivity index (χ2v) is 6.38. The molecule has 24 heavy (non-hydrogen) atoms. The maximum Gasteiger partial charge on any atom is 0.259 e. The van der Waals surface area contributed by atoms with Crippen molar-refractivity contribution >= 4 is 11.8 Å². The maximum absolute atomic E-state index is 12.7. The van der Waals surface area contributed by atoms with E-state index in [1.54, 1.807) is 18.2 Å². The highest BCUT2D eigenvalue weighted by atomic mass is 16.5. The van der Waals surface area contributed by atoms with Crippen LogP contribution in [0.15, 0.2) is 18.2 Å². The number of hydrogen-bond acceptors (Lipinski definition) is 4. The minimum atomic E-state index is -0.198. The third-order valence-corrected chi connectivity index (χ3v) is 4.72. The molecule has 0 spiro atoms. The normalized spacial score (nSPS) is 18.2. The van der Waals surface area contributed by atoms with Crippen LogP contribution in [0.2, 0.25) is 0 Å². The Bertz CT molecular complexity index is 597. The number of benzene rings is 1. The van der Waals surface area contributed by atoms with Crippen LogP contribution in [-0.2, 0) is 4.79 Å². The molecule has 1 saturated carbocycles. The lowest BCUT2D eigenvalue weighted by Crippen LogP contribution is -2.47. The molecule has 0 bridgehead atoms. The summed E-state index contributed by atoms with van der Waals surface area (Å²) in [5.41, 5.74) is 0.416. The smallest absolute Gasteiger partial charge is 0.259 e. The second kappa shape index (κ2) is 7.11. The summed E-state index contributed by atoms with van der Waals surface area (Å²) in [4.78, 5) is 26.7. The van der Waals surface area contributed by atoms with Gasteiger partial charge in [-0.1, -0.05) is 6.07 Å². The molecule has 0 atom stereocenters. The number of ether oxygens (including phenoxy) is 2. The number of nitrogens with one attached hydrogen (secondary N) is 1. The fraction of sp³-hybridized carbons (Fsp3) is 0.556. The lowest BCUT2D eigenvalue weighted by molar-refractivity contribution is -0.133. The van der Waals surface area contributed by atoms with Crippen molar-refractivity contribution in [3.05, 3.63) is 23.8 Å². The van der Waals surface area contributed by atoms with E-state index in [-0.39, 0.29) is 23.8 Å². The molecule has 0 aromatic heterocycles. The van der Waals surface area contributed by atoms with Gasteiger partial charge in [-0.2, -0.15) is 0 Å². The summed E-state index contributed by atoms with van der Waals surface area (Å²) in [7, 11) is 3.07. The van der Waals surface area contributed by atoms with Gasteiger partial charge in [0.15, 0.2) is 0 Å². The number of carbonyl (C=O) groups is 2. The molecule has 130 valence electrons. The lowest BCUT2D eigenvalue weighted by Gasteiger charge is -2.32. The monoisotopic (exact) mass is 332 g/mol. The standard InChI is InChI=1S/C18H24N2O4/c1-23-14-4-3-5-15(24-2)16(14)17(21)19-13-8-10-20(11-9-13)18(22)12-6-7-12/h3-5,12-13H,6-11H2,1-2H3,(H,19,21).